The minimum absolute atomic E-state index is 0.0823. The maximum Gasteiger partial charge on any atom is 0.305 e. The van der Waals surface area contributed by atoms with Gasteiger partial charge in [-0.25, -0.2) is 0 Å². The van der Waals surface area contributed by atoms with Crippen molar-refractivity contribution < 1.29 is 14.7 Å². The number of aliphatic carboxylic acids is 1. The molecule has 1 saturated heterocycles. The van der Waals surface area contributed by atoms with Crippen LogP contribution in [0.25, 0.3) is 0 Å². The lowest BCUT2D eigenvalue weighted by atomic mass is 10.0. The number of amides is 1. The van der Waals surface area contributed by atoms with Crippen LogP contribution in [0, 0.1) is 0 Å². The largest absolute Gasteiger partial charge is 0.481 e. The van der Waals surface area contributed by atoms with Crippen LogP contribution in [0.1, 0.15) is 34.8 Å². The molecule has 0 bridgehead atoms. The van der Waals surface area contributed by atoms with Crippen LogP contribution in [0.4, 0.5) is 17.1 Å². The number of nitrogens with one attached hydrogen (secondary N) is 2. The molecule has 12 heteroatoms. The maximum absolute atomic E-state index is 12.6. The van der Waals surface area contributed by atoms with Crippen LogP contribution in [0.15, 0.2) is 46.2 Å². The summed E-state index contributed by atoms with van der Waals surface area (Å²) in [7, 11) is 3.93. The number of hydrogen-bond acceptors (Lipinski definition) is 8. The molecular formula is C25H25Cl2N5O5. The highest BCUT2D eigenvalue weighted by Gasteiger charge is 2.33. The van der Waals surface area contributed by atoms with E-state index in [1.165, 1.54) is 12.4 Å². The van der Waals surface area contributed by atoms with Gasteiger partial charge in [-0.05, 0) is 38.2 Å². The van der Waals surface area contributed by atoms with Crippen LogP contribution in [0.3, 0.4) is 0 Å². The zero-order valence-corrected chi connectivity index (χ0v) is 21.6. The number of halogens is 2. The summed E-state index contributed by atoms with van der Waals surface area (Å²) in [6, 6.07) is 5.94. The second kappa shape index (κ2) is 10.9. The third kappa shape index (κ3) is 5.61. The Bertz CT molecular complexity index is 1380. The molecule has 194 valence electrons. The van der Waals surface area contributed by atoms with Crippen LogP contribution in [-0.4, -0.2) is 60.1 Å². The molecule has 0 saturated carbocycles. The van der Waals surface area contributed by atoms with Crippen LogP contribution in [0.2, 0.25) is 10.0 Å². The molecule has 2 atom stereocenters. The molecule has 1 aromatic heterocycles. The molecule has 0 radical (unpaired) electrons. The number of benzene rings is 1. The molecule has 10 nitrogen and oxygen atoms in total. The average Bonchev–Trinajstić information content (AvgIpc) is 3.32. The van der Waals surface area contributed by atoms with Gasteiger partial charge in [0.2, 0.25) is 0 Å². The Morgan fingerprint density at radius 1 is 1.14 bits per heavy atom. The quantitative estimate of drug-likeness (QED) is 0.347. The molecule has 1 amide bonds. The zero-order chi connectivity index (χ0) is 26.9. The molecule has 3 N–H and O–H groups in total. The molecule has 0 aliphatic carbocycles. The van der Waals surface area contributed by atoms with Crippen molar-refractivity contribution in [2.45, 2.75) is 24.9 Å². The fraction of sp³-hybridized carbons (Fsp3) is 0.320. The first-order valence-electron chi connectivity index (χ1n) is 11.5. The predicted octanol–water partition coefficient (Wildman–Crippen LogP) is 3.00. The number of rotatable bonds is 9. The summed E-state index contributed by atoms with van der Waals surface area (Å²) in [6.07, 6.45) is 3.15. The lowest BCUT2D eigenvalue weighted by molar-refractivity contribution is -0.137. The van der Waals surface area contributed by atoms with Gasteiger partial charge in [-0.1, -0.05) is 35.3 Å². The van der Waals surface area contributed by atoms with Crippen LogP contribution in [-0.2, 0) is 4.79 Å². The van der Waals surface area contributed by atoms with E-state index >= 15 is 0 Å². The summed E-state index contributed by atoms with van der Waals surface area (Å²) in [5.74, 6) is -1.61. The maximum atomic E-state index is 12.6. The predicted molar refractivity (Wildman–Crippen MR) is 143 cm³/mol. The molecule has 2 aromatic carbocycles. The smallest absolute Gasteiger partial charge is 0.305 e. The van der Waals surface area contributed by atoms with Crippen molar-refractivity contribution in [3.63, 3.8) is 0 Å². The Balaban J connectivity index is 1.53. The van der Waals surface area contributed by atoms with Crippen molar-refractivity contribution >= 4 is 52.1 Å². The minimum atomic E-state index is -1.08. The van der Waals surface area contributed by atoms with E-state index < -0.39 is 28.8 Å². The number of hydrogen-bond donors (Lipinski definition) is 3. The highest BCUT2D eigenvalue weighted by atomic mass is 35.5. The van der Waals surface area contributed by atoms with Crippen molar-refractivity contribution in [2.75, 3.05) is 42.7 Å². The highest BCUT2D eigenvalue weighted by Crippen LogP contribution is 2.31. The first-order valence-corrected chi connectivity index (χ1v) is 12.3. The first kappa shape index (κ1) is 26.6. The van der Waals surface area contributed by atoms with Crippen molar-refractivity contribution in [1.29, 1.82) is 0 Å². The molecule has 0 unspecified atom stereocenters. The Morgan fingerprint density at radius 2 is 1.78 bits per heavy atom. The van der Waals surface area contributed by atoms with Crippen molar-refractivity contribution in [3.8, 4) is 0 Å². The van der Waals surface area contributed by atoms with E-state index in [0.717, 1.165) is 6.42 Å². The van der Waals surface area contributed by atoms with Crippen LogP contribution in [0.5, 0.6) is 0 Å². The number of anilines is 3. The van der Waals surface area contributed by atoms with E-state index in [1.54, 1.807) is 24.3 Å². The third-order valence-electron chi connectivity index (χ3n) is 6.44. The minimum Gasteiger partial charge on any atom is -0.481 e. The summed E-state index contributed by atoms with van der Waals surface area (Å²) < 4.78 is 0. The zero-order valence-electron chi connectivity index (χ0n) is 20.1. The highest BCUT2D eigenvalue weighted by molar-refractivity contribution is 6.40. The van der Waals surface area contributed by atoms with Gasteiger partial charge in [0.1, 0.15) is 11.4 Å². The molecule has 1 aliphatic rings. The Kier molecular flexibility index (Phi) is 7.82. The third-order valence-corrected chi connectivity index (χ3v) is 7.02. The molecule has 1 aliphatic heterocycles. The molecule has 37 heavy (non-hydrogen) atoms. The van der Waals surface area contributed by atoms with E-state index in [2.05, 4.69) is 20.5 Å². The van der Waals surface area contributed by atoms with Gasteiger partial charge in [0.15, 0.2) is 0 Å². The number of carboxylic acids is 1. The van der Waals surface area contributed by atoms with Gasteiger partial charge < -0.3 is 25.5 Å². The van der Waals surface area contributed by atoms with E-state index in [4.69, 9.17) is 23.2 Å². The van der Waals surface area contributed by atoms with Crippen molar-refractivity contribution in [2.24, 2.45) is 0 Å². The second-order valence-corrected chi connectivity index (χ2v) is 9.90. The molecular weight excluding hydrogens is 521 g/mol. The number of carbonyl (C=O) groups is 2. The number of pyridine rings is 1. The van der Waals surface area contributed by atoms with Crippen molar-refractivity contribution in [3.05, 3.63) is 78.3 Å². The van der Waals surface area contributed by atoms with E-state index in [1.807, 2.05) is 19.0 Å². The topological polar surface area (TPSA) is 132 Å². The summed E-state index contributed by atoms with van der Waals surface area (Å²) in [5, 5.41) is 15.4. The normalized spacial score (nSPS) is 16.2. The standard InChI is InChI=1S/C25H25Cl2N5O5/c1-31(2)15-7-8-32(12-15)22-21(23(35)24(22)36)30-18(9-19(33)34)13-3-5-14(6-4-13)29-25(37)20-16(26)10-28-11-17(20)27/h3-6,10-11,15,18,30H,7-9,12H2,1-2H3,(H,29,37)(H,33,34)/t15-,18-/m0/s1. The van der Waals surface area contributed by atoms with Gasteiger partial charge in [-0.2, -0.15) is 0 Å². The van der Waals surface area contributed by atoms with E-state index in [-0.39, 0.29) is 33.8 Å². The van der Waals surface area contributed by atoms with Crippen LogP contribution < -0.4 is 26.4 Å². The number of nitrogens with zero attached hydrogens (tertiary/aromatic N) is 3. The lowest BCUT2D eigenvalue weighted by Gasteiger charge is -2.27. The molecule has 1 fully saturated rings. The SMILES string of the molecule is CN(C)[C@H]1CCN(c2c(N[C@@H](CC(=O)O)c3ccc(NC(=O)c4c(Cl)cncc4Cl)cc3)c(=O)c2=O)C1. The average molecular weight is 546 g/mol. The van der Waals surface area contributed by atoms with Crippen molar-refractivity contribution in [1.82, 2.24) is 9.88 Å². The second-order valence-electron chi connectivity index (χ2n) is 9.08. The number of aromatic nitrogens is 1. The summed E-state index contributed by atoms with van der Waals surface area (Å²) in [4.78, 5) is 56.8. The van der Waals surface area contributed by atoms with Crippen LogP contribution >= 0.6 is 23.2 Å². The number of likely N-dealkylation sites (N-methyl/N-ethyl adjacent to an activating group) is 1. The molecule has 4 rings (SSSR count). The number of carbonyl (C=O) groups excluding carboxylic acids is 1. The lowest BCUT2D eigenvalue weighted by Crippen LogP contribution is -2.43. The van der Waals surface area contributed by atoms with Gasteiger partial charge in [-0.15, -0.1) is 0 Å². The van der Waals surface area contributed by atoms with Gasteiger partial charge in [0.25, 0.3) is 16.8 Å². The van der Waals surface area contributed by atoms with E-state index in [0.29, 0.717) is 30.0 Å². The summed E-state index contributed by atoms with van der Waals surface area (Å²) >= 11 is 12.1. The molecule has 2 heterocycles. The molecule has 3 aromatic rings. The Hall–Kier alpha value is -3.47. The van der Waals surface area contributed by atoms with Gasteiger partial charge in [0.05, 0.1) is 28.1 Å². The first-order chi connectivity index (χ1) is 17.6. The fourth-order valence-electron chi connectivity index (χ4n) is 4.40. The Morgan fingerprint density at radius 3 is 2.35 bits per heavy atom. The summed E-state index contributed by atoms with van der Waals surface area (Å²) in [6.45, 7) is 1.24. The summed E-state index contributed by atoms with van der Waals surface area (Å²) in [5.41, 5.74) is 0.283. The molecule has 0 spiro atoms. The van der Waals surface area contributed by atoms with Gasteiger partial charge in [0, 0.05) is 37.2 Å². The fourth-order valence-corrected chi connectivity index (χ4v) is 4.94. The van der Waals surface area contributed by atoms with E-state index in [9.17, 15) is 24.3 Å². The number of carboxylic acid groups (broad SMARTS) is 1. The van der Waals surface area contributed by atoms with Gasteiger partial charge >= 0.3 is 5.97 Å². The van der Waals surface area contributed by atoms with Gasteiger partial charge in [-0.3, -0.25) is 24.2 Å². The Labute approximate surface area is 222 Å². The monoisotopic (exact) mass is 545 g/mol.